The van der Waals surface area contributed by atoms with E-state index in [1.54, 1.807) is 17.8 Å². The standard InChI is InChI=1S/C12H22N2O2S3/c1-4-13-9-11-5-6-12(18-11)19(15,16)14-8-7-10(2)17-3/h5-6,10,13-14H,4,7-9H2,1-3H3. The average molecular weight is 323 g/mol. The molecule has 0 aromatic carbocycles. The van der Waals surface area contributed by atoms with Crippen molar-refractivity contribution in [3.63, 3.8) is 0 Å². The number of hydrogen-bond donors (Lipinski definition) is 2. The van der Waals surface area contributed by atoms with Gasteiger partial charge in [0, 0.05) is 23.2 Å². The third-order valence-corrected chi connectivity index (χ3v) is 6.77. The number of hydrogen-bond acceptors (Lipinski definition) is 5. The van der Waals surface area contributed by atoms with Gasteiger partial charge in [-0.05, 0) is 31.4 Å². The summed E-state index contributed by atoms with van der Waals surface area (Å²) in [6.45, 7) is 6.22. The second-order valence-corrected chi connectivity index (χ2v) is 8.67. The first-order valence-electron chi connectivity index (χ1n) is 6.31. The number of sulfonamides is 1. The molecule has 0 radical (unpaired) electrons. The molecule has 0 saturated carbocycles. The molecule has 19 heavy (non-hydrogen) atoms. The summed E-state index contributed by atoms with van der Waals surface area (Å²) in [7, 11) is -3.34. The summed E-state index contributed by atoms with van der Waals surface area (Å²) in [6, 6.07) is 3.55. The molecule has 0 bridgehead atoms. The predicted octanol–water partition coefficient (Wildman–Crippen LogP) is 2.28. The molecule has 0 amide bonds. The quantitative estimate of drug-likeness (QED) is 0.732. The predicted molar refractivity (Wildman–Crippen MR) is 84.5 cm³/mol. The Morgan fingerprint density at radius 3 is 2.79 bits per heavy atom. The Bertz CT molecular complexity index is 471. The molecule has 0 saturated heterocycles. The minimum absolute atomic E-state index is 0.400. The number of nitrogens with one attached hydrogen (secondary N) is 2. The third kappa shape index (κ3) is 5.83. The SMILES string of the molecule is CCNCc1ccc(S(=O)(=O)NCCC(C)SC)s1. The van der Waals surface area contributed by atoms with E-state index in [4.69, 9.17) is 0 Å². The lowest BCUT2D eigenvalue weighted by atomic mass is 10.3. The van der Waals surface area contributed by atoms with Crippen molar-refractivity contribution in [2.24, 2.45) is 0 Å². The summed E-state index contributed by atoms with van der Waals surface area (Å²) in [4.78, 5) is 1.04. The lowest BCUT2D eigenvalue weighted by Gasteiger charge is -2.08. The lowest BCUT2D eigenvalue weighted by Crippen LogP contribution is -2.25. The zero-order valence-electron chi connectivity index (χ0n) is 11.6. The molecule has 4 nitrogen and oxygen atoms in total. The second kappa shape index (κ2) is 8.26. The van der Waals surface area contributed by atoms with Crippen LogP contribution < -0.4 is 10.0 Å². The van der Waals surface area contributed by atoms with Crippen molar-refractivity contribution in [2.75, 3.05) is 19.3 Å². The smallest absolute Gasteiger partial charge is 0.250 e. The highest BCUT2D eigenvalue weighted by Crippen LogP contribution is 2.21. The molecule has 0 spiro atoms. The van der Waals surface area contributed by atoms with E-state index >= 15 is 0 Å². The van der Waals surface area contributed by atoms with Gasteiger partial charge in [-0.1, -0.05) is 13.8 Å². The Kier molecular flexibility index (Phi) is 7.38. The van der Waals surface area contributed by atoms with Crippen molar-refractivity contribution in [1.82, 2.24) is 10.0 Å². The van der Waals surface area contributed by atoms with E-state index < -0.39 is 10.0 Å². The molecule has 1 heterocycles. The van der Waals surface area contributed by atoms with E-state index in [-0.39, 0.29) is 0 Å². The van der Waals surface area contributed by atoms with Gasteiger partial charge < -0.3 is 5.32 Å². The van der Waals surface area contributed by atoms with Gasteiger partial charge in [0.15, 0.2) is 0 Å². The highest BCUT2D eigenvalue weighted by molar-refractivity contribution is 7.99. The van der Waals surface area contributed by atoms with Crippen LogP contribution in [-0.4, -0.2) is 33.0 Å². The van der Waals surface area contributed by atoms with Crippen molar-refractivity contribution in [2.45, 2.75) is 36.3 Å². The topological polar surface area (TPSA) is 58.2 Å². The Morgan fingerprint density at radius 1 is 1.42 bits per heavy atom. The Hall–Kier alpha value is -0.0800. The summed E-state index contributed by atoms with van der Waals surface area (Å²) in [5.41, 5.74) is 0. The molecular formula is C12H22N2O2S3. The molecule has 1 rings (SSSR count). The van der Waals surface area contributed by atoms with E-state index in [0.29, 0.717) is 16.0 Å². The van der Waals surface area contributed by atoms with Gasteiger partial charge in [-0.15, -0.1) is 11.3 Å². The fourth-order valence-electron chi connectivity index (χ4n) is 1.43. The number of rotatable bonds is 9. The van der Waals surface area contributed by atoms with Gasteiger partial charge in [-0.2, -0.15) is 11.8 Å². The van der Waals surface area contributed by atoms with E-state index in [2.05, 4.69) is 17.0 Å². The van der Waals surface area contributed by atoms with Gasteiger partial charge in [0.2, 0.25) is 10.0 Å². The minimum atomic E-state index is -3.34. The van der Waals surface area contributed by atoms with E-state index in [1.165, 1.54) is 11.3 Å². The Balaban J connectivity index is 2.54. The molecule has 0 aliphatic rings. The summed E-state index contributed by atoms with van der Waals surface area (Å²) < 4.78 is 27.2. The van der Waals surface area contributed by atoms with Crippen LogP contribution in [0.25, 0.3) is 0 Å². The van der Waals surface area contributed by atoms with Crippen LogP contribution in [0.2, 0.25) is 0 Å². The second-order valence-electron chi connectivity index (χ2n) is 4.23. The van der Waals surface area contributed by atoms with Crippen LogP contribution in [0.3, 0.4) is 0 Å². The van der Waals surface area contributed by atoms with Gasteiger partial charge in [-0.3, -0.25) is 0 Å². The Morgan fingerprint density at radius 2 is 2.16 bits per heavy atom. The molecular weight excluding hydrogens is 300 g/mol. The first-order valence-corrected chi connectivity index (χ1v) is 9.90. The van der Waals surface area contributed by atoms with Crippen molar-refractivity contribution >= 4 is 33.1 Å². The van der Waals surface area contributed by atoms with E-state index in [9.17, 15) is 8.42 Å². The highest BCUT2D eigenvalue weighted by Gasteiger charge is 2.16. The maximum atomic E-state index is 12.1. The molecule has 7 heteroatoms. The molecule has 1 unspecified atom stereocenters. The van der Waals surface area contributed by atoms with Gasteiger partial charge in [0.25, 0.3) is 0 Å². The fraction of sp³-hybridized carbons (Fsp3) is 0.667. The largest absolute Gasteiger partial charge is 0.312 e. The summed E-state index contributed by atoms with van der Waals surface area (Å²) in [5.74, 6) is 0. The van der Waals surface area contributed by atoms with E-state index in [1.807, 2.05) is 19.2 Å². The normalized spacial score (nSPS) is 13.6. The molecule has 2 N–H and O–H groups in total. The monoisotopic (exact) mass is 322 g/mol. The fourth-order valence-corrected chi connectivity index (χ4v) is 4.20. The molecule has 0 fully saturated rings. The van der Waals surface area contributed by atoms with Crippen molar-refractivity contribution in [3.05, 3.63) is 17.0 Å². The Labute approximate surface area is 124 Å². The van der Waals surface area contributed by atoms with Crippen molar-refractivity contribution in [1.29, 1.82) is 0 Å². The maximum Gasteiger partial charge on any atom is 0.250 e. The summed E-state index contributed by atoms with van der Waals surface area (Å²) in [6.07, 6.45) is 2.88. The average Bonchev–Trinajstić information content (AvgIpc) is 2.85. The van der Waals surface area contributed by atoms with Gasteiger partial charge in [-0.25, -0.2) is 13.1 Å². The minimum Gasteiger partial charge on any atom is -0.312 e. The van der Waals surface area contributed by atoms with Gasteiger partial charge in [0.05, 0.1) is 0 Å². The molecule has 0 aliphatic heterocycles. The lowest BCUT2D eigenvalue weighted by molar-refractivity contribution is 0.581. The first kappa shape index (κ1) is 17.0. The third-order valence-electron chi connectivity index (χ3n) is 2.70. The van der Waals surface area contributed by atoms with Crippen LogP contribution in [0.1, 0.15) is 25.1 Å². The van der Waals surface area contributed by atoms with Crippen LogP contribution in [0.5, 0.6) is 0 Å². The van der Waals surface area contributed by atoms with Crippen LogP contribution in [-0.2, 0) is 16.6 Å². The summed E-state index contributed by atoms with van der Waals surface area (Å²) in [5, 5.41) is 3.66. The van der Waals surface area contributed by atoms with Crippen LogP contribution in [0, 0.1) is 0 Å². The highest BCUT2D eigenvalue weighted by atomic mass is 32.2. The molecule has 1 aromatic heterocycles. The maximum absolute atomic E-state index is 12.1. The molecule has 1 atom stereocenters. The first-order chi connectivity index (χ1) is 8.99. The zero-order chi connectivity index (χ0) is 14.3. The van der Waals surface area contributed by atoms with Crippen LogP contribution in [0.15, 0.2) is 16.3 Å². The summed E-state index contributed by atoms with van der Waals surface area (Å²) >= 11 is 3.07. The molecule has 110 valence electrons. The van der Waals surface area contributed by atoms with Crippen molar-refractivity contribution in [3.8, 4) is 0 Å². The molecule has 1 aromatic rings. The van der Waals surface area contributed by atoms with Crippen LogP contribution >= 0.6 is 23.1 Å². The zero-order valence-corrected chi connectivity index (χ0v) is 14.1. The number of thiophene rings is 1. The van der Waals surface area contributed by atoms with Crippen LogP contribution in [0.4, 0.5) is 0 Å². The number of thioether (sulfide) groups is 1. The molecule has 0 aliphatic carbocycles. The van der Waals surface area contributed by atoms with E-state index in [0.717, 1.165) is 24.4 Å². The van der Waals surface area contributed by atoms with Gasteiger partial charge in [0.1, 0.15) is 4.21 Å². The van der Waals surface area contributed by atoms with Gasteiger partial charge >= 0.3 is 0 Å². The van der Waals surface area contributed by atoms with Crippen molar-refractivity contribution < 1.29 is 8.42 Å².